The van der Waals surface area contributed by atoms with Crippen LogP contribution >= 0.6 is 35.0 Å². The molecule has 0 aliphatic heterocycles. The maximum Gasteiger partial charge on any atom is 0.259 e. The Morgan fingerprint density at radius 1 is 0.714 bits per heavy atom. The van der Waals surface area contributed by atoms with Crippen molar-refractivity contribution >= 4 is 78.8 Å². The van der Waals surface area contributed by atoms with Gasteiger partial charge in [0.05, 0.1) is 5.75 Å². The molecule has 6 aromatic rings. The normalized spacial score (nSPS) is 12.6. The minimum absolute atomic E-state index is 0.102. The van der Waals surface area contributed by atoms with Gasteiger partial charge in [0, 0.05) is 87.4 Å². The van der Waals surface area contributed by atoms with Gasteiger partial charge in [0.2, 0.25) is 11.9 Å². The van der Waals surface area contributed by atoms with E-state index < -0.39 is 9.84 Å². The maximum absolute atomic E-state index is 12.9. The van der Waals surface area contributed by atoms with Gasteiger partial charge in [-0.05, 0) is 62.5 Å². The van der Waals surface area contributed by atoms with Crippen LogP contribution in [0.4, 0.5) is 11.9 Å². The van der Waals surface area contributed by atoms with Crippen molar-refractivity contribution in [2.75, 3.05) is 33.6 Å². The number of rotatable bonds is 14. The Balaban J connectivity index is 0.000000215. The highest BCUT2D eigenvalue weighted by molar-refractivity contribution is 7.99. The molecule has 0 bridgehead atoms. The first-order chi connectivity index (χ1) is 26.7. The molecule has 2 aromatic carbocycles. The van der Waals surface area contributed by atoms with E-state index in [2.05, 4.69) is 44.4 Å². The zero-order valence-electron chi connectivity index (χ0n) is 32.2. The van der Waals surface area contributed by atoms with E-state index >= 15 is 0 Å². The first-order valence-corrected chi connectivity index (χ1v) is 22.0. The molecule has 4 aromatic heterocycles. The molecule has 2 unspecified atom stereocenters. The van der Waals surface area contributed by atoms with Crippen molar-refractivity contribution in [3.8, 4) is 22.3 Å². The third kappa shape index (κ3) is 10.5. The fourth-order valence-electron chi connectivity index (χ4n) is 5.87. The molecule has 0 saturated carbocycles. The molecule has 12 nitrogen and oxygen atoms in total. The van der Waals surface area contributed by atoms with E-state index in [1.165, 1.54) is 4.57 Å². The maximum atomic E-state index is 12.9. The predicted molar refractivity (Wildman–Crippen MR) is 233 cm³/mol. The second kappa shape index (κ2) is 19.1. The van der Waals surface area contributed by atoms with Gasteiger partial charge in [-0.1, -0.05) is 73.4 Å². The number of anilines is 2. The molecule has 296 valence electrons. The molecular formula is C40H46Cl2N8O4S2. The molecule has 0 saturated heterocycles. The number of pyridine rings is 2. The third-order valence-corrected chi connectivity index (χ3v) is 12.5. The molecule has 56 heavy (non-hydrogen) atoms. The number of nitrogens with one attached hydrogen (secondary N) is 2. The summed E-state index contributed by atoms with van der Waals surface area (Å²) in [5.74, 6) is 3.33. The average molecular weight is 838 g/mol. The van der Waals surface area contributed by atoms with Crippen molar-refractivity contribution in [2.24, 2.45) is 14.1 Å². The Morgan fingerprint density at radius 2 is 1.16 bits per heavy atom. The zero-order valence-corrected chi connectivity index (χ0v) is 35.4. The number of fused-ring (bicyclic) bond motifs is 2. The molecule has 16 heteroatoms. The third-order valence-electron chi connectivity index (χ3n) is 9.18. The van der Waals surface area contributed by atoms with E-state index in [1.807, 2.05) is 55.1 Å². The molecule has 6 rings (SSSR count). The van der Waals surface area contributed by atoms with Crippen molar-refractivity contribution in [1.82, 2.24) is 29.1 Å². The second-order valence-electron chi connectivity index (χ2n) is 13.4. The largest absolute Gasteiger partial charge is 0.352 e. The van der Waals surface area contributed by atoms with Crippen molar-refractivity contribution in [2.45, 2.75) is 52.6 Å². The number of benzene rings is 2. The Bertz CT molecular complexity index is 2570. The molecule has 0 spiro atoms. The van der Waals surface area contributed by atoms with Crippen LogP contribution in [-0.2, 0) is 23.9 Å². The van der Waals surface area contributed by atoms with Gasteiger partial charge in [0.1, 0.15) is 21.1 Å². The van der Waals surface area contributed by atoms with Gasteiger partial charge in [0.15, 0.2) is 0 Å². The van der Waals surface area contributed by atoms with Crippen LogP contribution in [-0.4, -0.2) is 72.6 Å². The number of thioether (sulfide) groups is 1. The number of aromatic nitrogens is 6. The fourth-order valence-corrected chi connectivity index (χ4v) is 8.15. The first kappa shape index (κ1) is 42.6. The Labute approximate surface area is 341 Å². The molecular weight excluding hydrogens is 792 g/mol. The number of aryl methyl sites for hydroxylation is 2. The van der Waals surface area contributed by atoms with Crippen molar-refractivity contribution in [1.29, 1.82) is 0 Å². The number of sulfone groups is 1. The summed E-state index contributed by atoms with van der Waals surface area (Å²) in [4.78, 5) is 43.5. The first-order valence-electron chi connectivity index (χ1n) is 18.3. The lowest BCUT2D eigenvalue weighted by Crippen LogP contribution is -2.23. The summed E-state index contributed by atoms with van der Waals surface area (Å²) >= 11 is 14.5. The monoisotopic (exact) mass is 836 g/mol. The van der Waals surface area contributed by atoms with Gasteiger partial charge in [0.25, 0.3) is 11.1 Å². The minimum Gasteiger partial charge on any atom is -0.352 e. The molecule has 4 heterocycles. The van der Waals surface area contributed by atoms with Crippen molar-refractivity contribution in [3.63, 3.8) is 0 Å². The Hall–Kier alpha value is -4.50. The van der Waals surface area contributed by atoms with E-state index in [-0.39, 0.29) is 34.7 Å². The van der Waals surface area contributed by atoms with Crippen LogP contribution < -0.4 is 21.8 Å². The average Bonchev–Trinajstić information content (AvgIpc) is 3.18. The lowest BCUT2D eigenvalue weighted by molar-refractivity contribution is 0.591. The fraction of sp³-hybridized carbons (Fsp3) is 0.350. The van der Waals surface area contributed by atoms with Gasteiger partial charge in [-0.15, -0.1) is 0 Å². The van der Waals surface area contributed by atoms with Gasteiger partial charge >= 0.3 is 0 Å². The predicted octanol–water partition coefficient (Wildman–Crippen LogP) is 7.87. The van der Waals surface area contributed by atoms with Crippen LogP contribution in [0.2, 0.25) is 10.0 Å². The van der Waals surface area contributed by atoms with Crippen LogP contribution in [0.25, 0.3) is 44.3 Å². The molecule has 0 radical (unpaired) electrons. The van der Waals surface area contributed by atoms with Crippen LogP contribution in [0.15, 0.2) is 82.6 Å². The summed E-state index contributed by atoms with van der Waals surface area (Å²) in [6.45, 7) is 7.78. The summed E-state index contributed by atoms with van der Waals surface area (Å²) < 4.78 is 26.4. The van der Waals surface area contributed by atoms with E-state index in [4.69, 9.17) is 23.2 Å². The quantitative estimate of drug-likeness (QED) is 0.103. The highest BCUT2D eigenvalue weighted by Gasteiger charge is 2.16. The Kier molecular flexibility index (Phi) is 14.5. The van der Waals surface area contributed by atoms with Crippen molar-refractivity contribution < 1.29 is 8.42 Å². The number of nitrogens with zero attached hydrogens (tertiary/aromatic N) is 6. The number of hydrogen-bond donors (Lipinski definition) is 2. The van der Waals surface area contributed by atoms with Gasteiger partial charge in [-0.2, -0.15) is 21.7 Å². The molecule has 2 N–H and O–H groups in total. The molecule has 0 aliphatic rings. The van der Waals surface area contributed by atoms with Crippen LogP contribution in [0.5, 0.6) is 0 Å². The van der Waals surface area contributed by atoms with Gasteiger partial charge < -0.3 is 10.6 Å². The topological polar surface area (TPSA) is 154 Å². The van der Waals surface area contributed by atoms with Crippen LogP contribution in [0, 0.1) is 0 Å². The minimum atomic E-state index is -3.03. The highest BCUT2D eigenvalue weighted by atomic mass is 35.5. The van der Waals surface area contributed by atoms with Crippen LogP contribution in [0.1, 0.15) is 40.5 Å². The summed E-state index contributed by atoms with van der Waals surface area (Å²) in [5, 5.41) is 8.98. The second-order valence-corrected chi connectivity index (χ2v) is 18.0. The Morgan fingerprint density at radius 3 is 1.59 bits per heavy atom. The summed E-state index contributed by atoms with van der Waals surface area (Å²) in [6, 6.07) is 18.2. The molecule has 0 aliphatic carbocycles. The van der Waals surface area contributed by atoms with E-state index in [1.54, 1.807) is 62.2 Å². The summed E-state index contributed by atoms with van der Waals surface area (Å²) in [5.41, 5.74) is 3.14. The van der Waals surface area contributed by atoms with Gasteiger partial charge in [-0.3, -0.25) is 18.7 Å². The number of halogens is 2. The highest BCUT2D eigenvalue weighted by Crippen LogP contribution is 2.28. The molecule has 0 amide bonds. The summed E-state index contributed by atoms with van der Waals surface area (Å²) in [6.07, 6.45) is 4.87. The summed E-state index contributed by atoms with van der Waals surface area (Å²) in [7, 11) is 0.352. The van der Waals surface area contributed by atoms with Crippen molar-refractivity contribution in [3.05, 3.63) is 104 Å². The number of hydrogen-bond acceptors (Lipinski definition) is 11. The lowest BCUT2D eigenvalue weighted by atomic mass is 10.1. The van der Waals surface area contributed by atoms with Gasteiger partial charge in [-0.25, -0.2) is 18.4 Å². The smallest absolute Gasteiger partial charge is 0.259 e. The van der Waals surface area contributed by atoms with Crippen LogP contribution in [0.3, 0.4) is 0 Å². The molecule has 2 atom stereocenters. The SMILES string of the molecule is CCS(=O)(=O)CCC(C)Nc1ncc2cc(-c3ccccc3Cl)c(=O)n(C)c2n1.CCSCCC(C)Nc1ncc2cc(-c3ccccc3Cl)c(=O)n(C)c2n1. The lowest BCUT2D eigenvalue weighted by Gasteiger charge is -2.15. The van der Waals surface area contributed by atoms with E-state index in [0.29, 0.717) is 67.3 Å². The van der Waals surface area contributed by atoms with E-state index in [9.17, 15) is 18.0 Å². The van der Waals surface area contributed by atoms with E-state index in [0.717, 1.165) is 23.3 Å². The molecule has 0 fully saturated rings. The standard InChI is InChI=1S/C20H23ClN4O3S.C20H23ClN4OS/c1-4-29(27,28)10-9-13(2)23-20-22-12-14-11-16(15-7-5-6-8-17(15)21)19(26)25(3)18(14)24-20;1-4-27-10-9-13(2)23-20-22-12-14-11-16(15-7-5-6-8-17(15)21)19(26)25(3)18(14)24-20/h5-8,11-13H,4,9-10H2,1-3H3,(H,22,23,24);5-8,11-13H,4,9-10H2,1-3H3,(H,22,23,24). The zero-order chi connectivity index (χ0) is 40.6.